The summed E-state index contributed by atoms with van der Waals surface area (Å²) in [4.78, 5) is 34.9. The van der Waals surface area contributed by atoms with Crippen LogP contribution in [0.2, 0.25) is 1.41 Å². The molecule has 21 heavy (non-hydrogen) atoms. The van der Waals surface area contributed by atoms with Crippen molar-refractivity contribution in [2.75, 3.05) is 6.54 Å². The van der Waals surface area contributed by atoms with Gasteiger partial charge in [0.2, 0.25) is 11.8 Å². The molecule has 1 aliphatic carbocycles. The molecule has 1 rings (SSSR count). The number of carboxylic acid groups (broad SMARTS) is 1. The molecule has 0 heterocycles. The molecule has 120 valence electrons. The van der Waals surface area contributed by atoms with Gasteiger partial charge in [-0.3, -0.25) is 14.4 Å². The summed E-state index contributed by atoms with van der Waals surface area (Å²) in [5.74, 6) is -3.58. The van der Waals surface area contributed by atoms with Crippen LogP contribution in [0.3, 0.4) is 0 Å². The highest BCUT2D eigenvalue weighted by Crippen LogP contribution is 2.27. The van der Waals surface area contributed by atoms with E-state index in [2.05, 4.69) is 5.32 Å². The molecule has 0 spiro atoms. The lowest BCUT2D eigenvalue weighted by molar-refractivity contribution is -0.141. The second-order valence-electron chi connectivity index (χ2n) is 5.33. The number of amides is 2. The Bertz CT molecular complexity index is 455. The smallest absolute Gasteiger partial charge is 0.325 e. The molecule has 0 saturated heterocycles. The minimum atomic E-state index is -1.22. The zero-order valence-electron chi connectivity index (χ0n) is 14.3. The summed E-state index contributed by atoms with van der Waals surface area (Å²) < 4.78 is 16.3. The molecule has 2 atom stereocenters. The van der Waals surface area contributed by atoms with E-state index < -0.39 is 42.3 Å². The first kappa shape index (κ1) is 14.3. The minimum Gasteiger partial charge on any atom is -0.480 e. The van der Waals surface area contributed by atoms with Crippen molar-refractivity contribution >= 4 is 17.8 Å². The highest BCUT2D eigenvalue weighted by Gasteiger charge is 2.27. The molecule has 1 saturated carbocycles. The molecule has 0 aromatic rings. The van der Waals surface area contributed by atoms with Crippen molar-refractivity contribution in [1.82, 2.24) is 10.6 Å². The van der Waals surface area contributed by atoms with Gasteiger partial charge in [0.15, 0.2) is 1.41 Å². The van der Waals surface area contributed by atoms with Gasteiger partial charge in [0.25, 0.3) is 0 Å². The molecule has 5 N–H and O–H groups in total. The lowest BCUT2D eigenvalue weighted by Crippen LogP contribution is -2.52. The second-order valence-corrected chi connectivity index (χ2v) is 5.33. The first-order valence-electron chi connectivity index (χ1n) is 8.19. The Morgan fingerprint density at radius 1 is 1.38 bits per heavy atom. The zero-order chi connectivity index (χ0) is 17.6. The van der Waals surface area contributed by atoms with Crippen LogP contribution in [0, 0.1) is 5.89 Å². The maximum Gasteiger partial charge on any atom is 0.325 e. The number of rotatable bonds is 7. The molecule has 0 aromatic carbocycles. The van der Waals surface area contributed by atoms with E-state index in [0.717, 1.165) is 19.3 Å². The van der Waals surface area contributed by atoms with E-state index in [1.165, 1.54) is 6.92 Å². The standard InChI is InChI=1S/C14H25N3O4/c1-9(14(20)21)16-13(19)11(17-12(18)8-15)7-10-5-3-2-4-6-10/h9-11H,2-8,15H2,1H3,(H,16,19)(H,17,18)(H,20,21)/t9-,11-/m0/s1/i10D/hD. The van der Waals surface area contributed by atoms with E-state index in [-0.39, 0.29) is 6.42 Å². The Labute approximate surface area is 127 Å². The van der Waals surface area contributed by atoms with Crippen LogP contribution in [0.15, 0.2) is 0 Å². The molecule has 0 bridgehead atoms. The van der Waals surface area contributed by atoms with E-state index in [4.69, 9.17) is 13.6 Å². The molecule has 0 aliphatic heterocycles. The Morgan fingerprint density at radius 3 is 2.52 bits per heavy atom. The molecular weight excluding hydrogens is 274 g/mol. The summed E-state index contributed by atoms with van der Waals surface area (Å²) >= 11 is 0. The Balaban J connectivity index is 2.89. The summed E-state index contributed by atoms with van der Waals surface area (Å²) in [6.07, 6.45) is 3.95. The second kappa shape index (κ2) is 8.61. The lowest BCUT2D eigenvalue weighted by atomic mass is 9.84. The normalized spacial score (nSPS) is 21.4. The molecule has 1 aliphatic rings. The third-order valence-corrected chi connectivity index (χ3v) is 3.55. The first-order valence-corrected chi connectivity index (χ1v) is 7.24. The average molecular weight is 301 g/mol. The van der Waals surface area contributed by atoms with Gasteiger partial charge in [0, 0.05) is 1.37 Å². The fraction of sp³-hybridized carbons (Fsp3) is 0.786. The number of hydrogen-bond donors (Lipinski definition) is 4. The van der Waals surface area contributed by atoms with Gasteiger partial charge in [0.05, 0.1) is 6.54 Å². The molecule has 7 heteroatoms. The maximum absolute atomic E-state index is 12.3. The van der Waals surface area contributed by atoms with Crippen molar-refractivity contribution in [2.24, 2.45) is 11.6 Å². The topological polar surface area (TPSA) is 122 Å². The number of aliphatic carboxylic acids is 1. The third kappa shape index (κ3) is 6.12. The first-order chi connectivity index (χ1) is 10.7. The average Bonchev–Trinajstić information content (AvgIpc) is 2.51. The van der Waals surface area contributed by atoms with Crippen LogP contribution in [0.4, 0.5) is 0 Å². The van der Waals surface area contributed by atoms with Crippen molar-refractivity contribution in [2.45, 2.75) is 57.5 Å². The predicted octanol–water partition coefficient (Wildman–Crippen LogP) is -0.0104. The highest BCUT2D eigenvalue weighted by atomic mass is 16.4. The molecule has 0 unspecified atom stereocenters. The Kier molecular flexibility index (Phi) is 5.87. The van der Waals surface area contributed by atoms with Gasteiger partial charge in [0.1, 0.15) is 12.1 Å². The van der Waals surface area contributed by atoms with Crippen LogP contribution in [-0.2, 0) is 14.4 Å². The largest absolute Gasteiger partial charge is 0.480 e. The highest BCUT2D eigenvalue weighted by molar-refractivity contribution is 5.90. The van der Waals surface area contributed by atoms with Gasteiger partial charge >= 0.3 is 5.97 Å². The van der Waals surface area contributed by atoms with Crippen molar-refractivity contribution in [3.8, 4) is 0 Å². The number of hydrogen-bond acceptors (Lipinski definition) is 4. The summed E-state index contributed by atoms with van der Waals surface area (Å²) in [7, 11) is 0. The number of nitrogens with two attached hydrogens (primary N) is 1. The molecule has 7 nitrogen and oxygen atoms in total. The van der Waals surface area contributed by atoms with E-state index >= 15 is 0 Å². The monoisotopic (exact) mass is 301 g/mol. The van der Waals surface area contributed by atoms with Crippen LogP contribution in [0.1, 0.15) is 46.8 Å². The molecule has 2 amide bonds. The summed E-state index contributed by atoms with van der Waals surface area (Å²) in [5.41, 5.74) is 5.24. The van der Waals surface area contributed by atoms with E-state index in [1.807, 2.05) is 0 Å². The van der Waals surface area contributed by atoms with Crippen LogP contribution in [-0.4, -0.2) is 41.5 Å². The van der Waals surface area contributed by atoms with Gasteiger partial charge in [-0.25, -0.2) is 0 Å². The molecule has 0 aromatic heterocycles. The fourth-order valence-electron chi connectivity index (χ4n) is 2.32. The van der Waals surface area contributed by atoms with Gasteiger partial charge in [-0.1, -0.05) is 32.1 Å². The van der Waals surface area contributed by atoms with E-state index in [0.29, 0.717) is 18.2 Å². The molecular formula is C14H25N3O4. The van der Waals surface area contributed by atoms with Crippen LogP contribution >= 0.6 is 0 Å². The van der Waals surface area contributed by atoms with E-state index in [9.17, 15) is 14.4 Å². The predicted molar refractivity (Wildman–Crippen MR) is 77.4 cm³/mol. The zero-order valence-corrected chi connectivity index (χ0v) is 12.3. The third-order valence-electron chi connectivity index (χ3n) is 3.55. The summed E-state index contributed by atoms with van der Waals surface area (Å²) in [5, 5.41) is 11.6. The van der Waals surface area contributed by atoms with Crippen molar-refractivity contribution in [3.63, 3.8) is 0 Å². The fourth-order valence-corrected chi connectivity index (χ4v) is 2.32. The van der Waals surface area contributed by atoms with E-state index in [1.54, 1.807) is 0 Å². The number of carbonyl (C=O) groups excluding carboxylic acids is 2. The SMILES string of the molecule is [2H]N(C(=O)CN)[C@@H](CC1([2H])CCCCC1)C(=O)N[C@@H](C)C(=O)O. The summed E-state index contributed by atoms with van der Waals surface area (Å²) in [6.45, 7) is 0.875. The number of carboxylic acids is 1. The summed E-state index contributed by atoms with van der Waals surface area (Å²) in [6, 6.07) is -2.36. The van der Waals surface area contributed by atoms with Gasteiger partial charge in [-0.2, -0.15) is 0 Å². The quantitative estimate of drug-likeness (QED) is 0.527. The Morgan fingerprint density at radius 2 is 2.00 bits per heavy atom. The lowest BCUT2D eigenvalue weighted by Gasteiger charge is -2.27. The van der Waals surface area contributed by atoms with Crippen LogP contribution in [0.25, 0.3) is 0 Å². The van der Waals surface area contributed by atoms with Gasteiger partial charge < -0.3 is 21.5 Å². The minimum absolute atomic E-state index is 0.000409. The van der Waals surface area contributed by atoms with Crippen molar-refractivity contribution in [3.05, 3.63) is 0 Å². The van der Waals surface area contributed by atoms with Gasteiger partial charge in [-0.05, 0) is 19.2 Å². The van der Waals surface area contributed by atoms with Crippen LogP contribution < -0.4 is 16.4 Å². The molecule has 0 radical (unpaired) electrons. The Hall–Kier alpha value is -1.63. The number of carbonyl (C=O) groups is 3. The number of nitrogens with one attached hydrogen (secondary N) is 2. The van der Waals surface area contributed by atoms with Crippen LogP contribution in [0.5, 0.6) is 0 Å². The van der Waals surface area contributed by atoms with Gasteiger partial charge in [-0.15, -0.1) is 0 Å². The van der Waals surface area contributed by atoms with Crippen molar-refractivity contribution in [1.29, 1.82) is 0 Å². The van der Waals surface area contributed by atoms with Crippen molar-refractivity contribution < 1.29 is 22.3 Å². The maximum atomic E-state index is 12.3. The molecule has 1 fully saturated rings.